The number of anilines is 1. The van der Waals surface area contributed by atoms with E-state index in [4.69, 9.17) is 10.5 Å². The highest BCUT2D eigenvalue weighted by Gasteiger charge is 2.09. The van der Waals surface area contributed by atoms with Crippen molar-refractivity contribution in [2.45, 2.75) is 13.8 Å². The Hall–Kier alpha value is -2.04. The van der Waals surface area contributed by atoms with Crippen molar-refractivity contribution in [1.82, 2.24) is 9.78 Å². The van der Waals surface area contributed by atoms with E-state index in [-0.39, 0.29) is 11.5 Å². The van der Waals surface area contributed by atoms with E-state index < -0.39 is 0 Å². The van der Waals surface area contributed by atoms with Gasteiger partial charge in [-0.2, -0.15) is 5.10 Å². The molecule has 1 heterocycles. The first-order valence-corrected chi connectivity index (χ1v) is 5.21. The van der Waals surface area contributed by atoms with Crippen LogP contribution in [0.1, 0.15) is 11.3 Å². The summed E-state index contributed by atoms with van der Waals surface area (Å²) < 4.78 is 20.4. The number of rotatable bonds is 2. The van der Waals surface area contributed by atoms with Crippen LogP contribution in [0, 0.1) is 19.7 Å². The molecular formula is C12H14FN3O. The fourth-order valence-electron chi connectivity index (χ4n) is 1.55. The second kappa shape index (κ2) is 4.08. The summed E-state index contributed by atoms with van der Waals surface area (Å²) in [6.45, 7) is 3.53. The van der Waals surface area contributed by atoms with Crippen molar-refractivity contribution in [2.75, 3.05) is 5.73 Å². The van der Waals surface area contributed by atoms with Crippen LogP contribution in [0.5, 0.6) is 11.6 Å². The van der Waals surface area contributed by atoms with Crippen LogP contribution in [0.15, 0.2) is 18.2 Å². The Labute approximate surface area is 98.8 Å². The molecule has 0 unspecified atom stereocenters. The van der Waals surface area contributed by atoms with Crippen LogP contribution in [0.3, 0.4) is 0 Å². The lowest BCUT2D eigenvalue weighted by Gasteiger charge is -2.09. The third kappa shape index (κ3) is 2.22. The summed E-state index contributed by atoms with van der Waals surface area (Å²) in [5.41, 5.74) is 7.31. The Kier molecular flexibility index (Phi) is 2.75. The molecule has 17 heavy (non-hydrogen) atoms. The molecular weight excluding hydrogens is 221 g/mol. The first-order chi connectivity index (χ1) is 7.97. The van der Waals surface area contributed by atoms with Gasteiger partial charge in [-0.05, 0) is 25.5 Å². The smallest absolute Gasteiger partial charge is 0.217 e. The Balaban J connectivity index is 2.36. The minimum absolute atomic E-state index is 0.270. The lowest BCUT2D eigenvalue weighted by atomic mass is 10.2. The maximum Gasteiger partial charge on any atom is 0.217 e. The van der Waals surface area contributed by atoms with Crippen molar-refractivity contribution in [3.05, 3.63) is 35.3 Å². The monoisotopic (exact) mass is 235 g/mol. The van der Waals surface area contributed by atoms with Gasteiger partial charge in [-0.3, -0.25) is 0 Å². The van der Waals surface area contributed by atoms with E-state index in [1.165, 1.54) is 6.07 Å². The van der Waals surface area contributed by atoms with E-state index in [9.17, 15) is 4.39 Å². The summed E-state index contributed by atoms with van der Waals surface area (Å²) in [6, 6.07) is 4.62. The van der Waals surface area contributed by atoms with Crippen LogP contribution in [0.2, 0.25) is 0 Å². The zero-order valence-electron chi connectivity index (χ0n) is 9.99. The number of aryl methyl sites for hydroxylation is 3. The number of ether oxygens (including phenoxy) is 1. The SMILES string of the molecule is Cc1cc(Oc2cc(C)c(F)cc2N)n(C)n1. The maximum absolute atomic E-state index is 13.2. The molecule has 0 fully saturated rings. The number of nitrogens with zero attached hydrogens (tertiary/aromatic N) is 2. The van der Waals surface area contributed by atoms with Crippen molar-refractivity contribution >= 4 is 5.69 Å². The first-order valence-electron chi connectivity index (χ1n) is 5.21. The molecule has 0 amide bonds. The van der Waals surface area contributed by atoms with Gasteiger partial charge in [0.05, 0.1) is 11.4 Å². The standard InChI is InChI=1S/C12H14FN3O/c1-7-4-11(10(14)6-9(7)13)17-12-5-8(2)15-16(12)3/h4-6H,14H2,1-3H3. The van der Waals surface area contributed by atoms with Crippen molar-refractivity contribution in [1.29, 1.82) is 0 Å². The molecule has 0 aliphatic heterocycles. The average Bonchev–Trinajstić information content (AvgIpc) is 2.54. The number of nitrogens with two attached hydrogens (primary N) is 1. The van der Waals surface area contributed by atoms with Gasteiger partial charge in [-0.1, -0.05) is 0 Å². The van der Waals surface area contributed by atoms with Crippen LogP contribution in [0.4, 0.5) is 10.1 Å². The van der Waals surface area contributed by atoms with Gasteiger partial charge >= 0.3 is 0 Å². The fraction of sp³-hybridized carbons (Fsp3) is 0.250. The average molecular weight is 235 g/mol. The summed E-state index contributed by atoms with van der Waals surface area (Å²) in [7, 11) is 1.77. The van der Waals surface area contributed by atoms with Crippen LogP contribution in [-0.2, 0) is 7.05 Å². The van der Waals surface area contributed by atoms with Crippen molar-refractivity contribution in [2.24, 2.45) is 7.05 Å². The van der Waals surface area contributed by atoms with Crippen LogP contribution in [0.25, 0.3) is 0 Å². The van der Waals surface area contributed by atoms with Gasteiger partial charge in [0.1, 0.15) is 5.82 Å². The summed E-state index contributed by atoms with van der Waals surface area (Å²) in [6.07, 6.45) is 0. The Morgan fingerprint density at radius 3 is 2.59 bits per heavy atom. The van der Waals surface area contributed by atoms with Crippen LogP contribution in [-0.4, -0.2) is 9.78 Å². The topological polar surface area (TPSA) is 53.1 Å². The second-order valence-electron chi connectivity index (χ2n) is 3.99. The number of hydrogen-bond acceptors (Lipinski definition) is 3. The van der Waals surface area contributed by atoms with Gasteiger partial charge in [-0.25, -0.2) is 9.07 Å². The molecule has 0 radical (unpaired) electrons. The molecule has 0 saturated heterocycles. The van der Waals surface area contributed by atoms with Gasteiger partial charge in [-0.15, -0.1) is 0 Å². The molecule has 2 aromatic rings. The van der Waals surface area contributed by atoms with E-state index in [0.29, 0.717) is 17.2 Å². The molecule has 0 saturated carbocycles. The predicted octanol–water partition coefficient (Wildman–Crippen LogP) is 2.55. The van der Waals surface area contributed by atoms with Crippen LogP contribution >= 0.6 is 0 Å². The predicted molar refractivity (Wildman–Crippen MR) is 63.6 cm³/mol. The van der Waals surface area contributed by atoms with Crippen LogP contribution < -0.4 is 10.5 Å². The molecule has 5 heteroatoms. The number of halogens is 1. The van der Waals surface area contributed by atoms with E-state index in [2.05, 4.69) is 5.10 Å². The quantitative estimate of drug-likeness (QED) is 0.814. The number of aromatic nitrogens is 2. The summed E-state index contributed by atoms with van der Waals surface area (Å²) in [5.74, 6) is 0.670. The van der Waals surface area contributed by atoms with Gasteiger partial charge in [0.15, 0.2) is 5.75 Å². The Morgan fingerprint density at radius 1 is 1.29 bits per heavy atom. The lowest BCUT2D eigenvalue weighted by molar-refractivity contribution is 0.431. The number of hydrogen-bond donors (Lipinski definition) is 1. The molecule has 0 aliphatic rings. The molecule has 4 nitrogen and oxygen atoms in total. The van der Waals surface area contributed by atoms with Crippen molar-refractivity contribution in [3.8, 4) is 11.6 Å². The molecule has 1 aromatic heterocycles. The molecule has 0 atom stereocenters. The highest BCUT2D eigenvalue weighted by molar-refractivity contribution is 5.55. The Morgan fingerprint density at radius 2 is 2.00 bits per heavy atom. The summed E-state index contributed by atoms with van der Waals surface area (Å²) in [4.78, 5) is 0. The number of nitrogen functional groups attached to an aromatic ring is 1. The van der Waals surface area contributed by atoms with Crippen molar-refractivity contribution < 1.29 is 9.13 Å². The third-order valence-corrected chi connectivity index (χ3v) is 2.46. The van der Waals surface area contributed by atoms with Gasteiger partial charge < -0.3 is 10.5 Å². The normalized spacial score (nSPS) is 10.6. The molecule has 0 spiro atoms. The lowest BCUT2D eigenvalue weighted by Crippen LogP contribution is -1.99. The minimum Gasteiger partial charge on any atom is -0.437 e. The summed E-state index contributed by atoms with van der Waals surface area (Å²) in [5, 5.41) is 4.15. The molecule has 2 N–H and O–H groups in total. The second-order valence-corrected chi connectivity index (χ2v) is 3.99. The van der Waals surface area contributed by atoms with Crippen molar-refractivity contribution in [3.63, 3.8) is 0 Å². The largest absolute Gasteiger partial charge is 0.437 e. The fourth-order valence-corrected chi connectivity index (χ4v) is 1.55. The van der Waals surface area contributed by atoms with E-state index in [1.807, 2.05) is 6.92 Å². The number of benzene rings is 1. The molecule has 1 aromatic carbocycles. The summed E-state index contributed by atoms with van der Waals surface area (Å²) >= 11 is 0. The minimum atomic E-state index is -0.337. The molecule has 0 bridgehead atoms. The van der Waals surface area contributed by atoms with E-state index in [1.54, 1.807) is 30.8 Å². The van der Waals surface area contributed by atoms with Gasteiger partial charge in [0, 0.05) is 19.2 Å². The Bertz CT molecular complexity index is 563. The van der Waals surface area contributed by atoms with E-state index in [0.717, 1.165) is 5.69 Å². The highest BCUT2D eigenvalue weighted by Crippen LogP contribution is 2.29. The zero-order chi connectivity index (χ0) is 12.6. The first kappa shape index (κ1) is 11.4. The molecule has 2 rings (SSSR count). The van der Waals surface area contributed by atoms with Gasteiger partial charge in [0.25, 0.3) is 0 Å². The third-order valence-electron chi connectivity index (χ3n) is 2.46. The van der Waals surface area contributed by atoms with Gasteiger partial charge in [0.2, 0.25) is 5.88 Å². The van der Waals surface area contributed by atoms with E-state index >= 15 is 0 Å². The molecule has 0 aliphatic carbocycles. The highest BCUT2D eigenvalue weighted by atomic mass is 19.1. The maximum atomic E-state index is 13.2. The molecule has 90 valence electrons. The zero-order valence-corrected chi connectivity index (χ0v) is 9.99.